The molecule has 38 heavy (non-hydrogen) atoms. The van der Waals surface area contributed by atoms with Crippen molar-refractivity contribution in [3.63, 3.8) is 0 Å². The van der Waals surface area contributed by atoms with Crippen LogP contribution in [0.5, 0.6) is 0 Å². The van der Waals surface area contributed by atoms with E-state index in [1.165, 1.54) is 0 Å². The predicted molar refractivity (Wildman–Crippen MR) is 138 cm³/mol. The van der Waals surface area contributed by atoms with E-state index in [2.05, 4.69) is 42.0 Å². The van der Waals surface area contributed by atoms with Crippen molar-refractivity contribution in [3.8, 4) is 0 Å². The van der Waals surface area contributed by atoms with Crippen LogP contribution in [0.25, 0.3) is 22.1 Å². The number of amides is 2. The lowest BCUT2D eigenvalue weighted by Crippen LogP contribution is -2.46. The Morgan fingerprint density at radius 2 is 1.34 bits per heavy atom. The maximum atomic E-state index is 12.6. The van der Waals surface area contributed by atoms with Crippen molar-refractivity contribution in [1.82, 2.24) is 30.4 Å². The fourth-order valence-corrected chi connectivity index (χ4v) is 6.84. The lowest BCUT2D eigenvalue weighted by Gasteiger charge is -2.32. The zero-order valence-corrected chi connectivity index (χ0v) is 21.5. The summed E-state index contributed by atoms with van der Waals surface area (Å²) in [6, 6.07) is 10.8. The van der Waals surface area contributed by atoms with Crippen LogP contribution in [0.2, 0.25) is 0 Å². The van der Waals surface area contributed by atoms with Crippen molar-refractivity contribution in [2.24, 2.45) is 11.8 Å². The Hall–Kier alpha value is -3.50. The Bertz CT molecular complexity index is 1580. The molecule has 2 aliphatic heterocycles. The molecule has 4 aliphatic rings. The molecule has 4 bridgehead atoms. The van der Waals surface area contributed by atoms with Crippen LogP contribution < -0.4 is 0 Å². The van der Waals surface area contributed by atoms with E-state index in [9.17, 15) is 9.59 Å². The summed E-state index contributed by atoms with van der Waals surface area (Å²) in [5.74, 6) is 0.871. The number of likely N-dealkylation sites (tertiary alicyclic amines) is 2. The lowest BCUT2D eigenvalue weighted by molar-refractivity contribution is 0.0707. The summed E-state index contributed by atoms with van der Waals surface area (Å²) in [6.07, 6.45) is 6.29. The van der Waals surface area contributed by atoms with Gasteiger partial charge in [0.2, 0.25) is 0 Å². The first-order chi connectivity index (χ1) is 18.5. The van der Waals surface area contributed by atoms with Gasteiger partial charge >= 0.3 is 0 Å². The van der Waals surface area contributed by atoms with E-state index in [0.717, 1.165) is 19.4 Å². The summed E-state index contributed by atoms with van der Waals surface area (Å²) in [5, 5.41) is 14.8. The molecule has 8 rings (SSSR count). The second-order valence-corrected chi connectivity index (χ2v) is 11.3. The summed E-state index contributed by atoms with van der Waals surface area (Å²) in [7, 11) is 0. The Morgan fingerprint density at radius 1 is 0.737 bits per heavy atom. The van der Waals surface area contributed by atoms with Crippen LogP contribution in [0.1, 0.15) is 33.6 Å². The number of rotatable bonds is 2. The van der Waals surface area contributed by atoms with Gasteiger partial charge in [-0.15, -0.1) is 23.2 Å². The number of benzene rings is 2. The molecular formula is C26H22Cl2N6O4. The molecule has 1 saturated carbocycles. The van der Waals surface area contributed by atoms with Crippen molar-refractivity contribution in [2.45, 2.75) is 35.7 Å². The zero-order chi connectivity index (χ0) is 26.0. The minimum absolute atomic E-state index is 0.0304. The largest absolute Gasteiger partial charge is 0.334 e. The number of nitrogens with zero attached hydrogens (tertiary/aromatic N) is 6. The van der Waals surface area contributed by atoms with Gasteiger partial charge in [-0.05, 0) is 81.7 Å². The first kappa shape index (κ1) is 23.6. The van der Waals surface area contributed by atoms with Crippen LogP contribution in [0.15, 0.2) is 57.8 Å². The average Bonchev–Trinajstić information content (AvgIpc) is 3.78. The van der Waals surface area contributed by atoms with Gasteiger partial charge in [0, 0.05) is 24.2 Å². The molecule has 194 valence electrons. The maximum absolute atomic E-state index is 12.6. The van der Waals surface area contributed by atoms with E-state index in [1.807, 2.05) is 9.80 Å². The first-order valence-electron chi connectivity index (χ1n) is 12.5. The Morgan fingerprint density at radius 3 is 1.87 bits per heavy atom. The van der Waals surface area contributed by atoms with E-state index in [4.69, 9.17) is 23.2 Å². The van der Waals surface area contributed by atoms with Gasteiger partial charge in [0.25, 0.3) is 11.8 Å². The highest BCUT2D eigenvalue weighted by molar-refractivity contribution is 6.31. The van der Waals surface area contributed by atoms with Crippen molar-refractivity contribution in [3.05, 3.63) is 59.7 Å². The summed E-state index contributed by atoms with van der Waals surface area (Å²) >= 11 is 12.5. The molecule has 10 nitrogen and oxygen atoms in total. The number of halogens is 2. The molecule has 0 spiro atoms. The Kier molecular flexibility index (Phi) is 5.63. The third-order valence-electron chi connectivity index (χ3n) is 8.00. The fraction of sp³-hybridized carbons (Fsp3) is 0.385. The van der Waals surface area contributed by atoms with Gasteiger partial charge in [-0.3, -0.25) is 9.59 Å². The molecule has 0 N–H and O–H groups in total. The van der Waals surface area contributed by atoms with Crippen LogP contribution in [0, 0.1) is 11.8 Å². The van der Waals surface area contributed by atoms with E-state index in [-0.39, 0.29) is 34.7 Å². The number of carbonyl (C=O) groups excluding carboxylic acids is 2. The highest BCUT2D eigenvalue weighted by Gasteiger charge is 2.52. The third kappa shape index (κ3) is 3.85. The molecular weight excluding hydrogens is 531 g/mol. The molecule has 0 radical (unpaired) electrons. The molecule has 4 heterocycles. The van der Waals surface area contributed by atoms with Crippen molar-refractivity contribution in [2.75, 3.05) is 13.1 Å². The van der Waals surface area contributed by atoms with Crippen LogP contribution in [-0.2, 0) is 0 Å². The van der Waals surface area contributed by atoms with Crippen molar-refractivity contribution in [1.29, 1.82) is 0 Å². The average molecular weight is 553 g/mol. The number of alkyl halides is 2. The molecule has 4 aromatic rings. The highest BCUT2D eigenvalue weighted by atomic mass is 35.5. The summed E-state index contributed by atoms with van der Waals surface area (Å²) in [6.45, 7) is 1.51. The molecule has 2 aromatic carbocycles. The minimum atomic E-state index is -0.170. The van der Waals surface area contributed by atoms with Gasteiger partial charge in [-0.25, -0.2) is 9.26 Å². The van der Waals surface area contributed by atoms with Crippen LogP contribution in [-0.4, -0.2) is 78.2 Å². The van der Waals surface area contributed by atoms with Crippen molar-refractivity contribution < 1.29 is 18.8 Å². The van der Waals surface area contributed by atoms with E-state index >= 15 is 0 Å². The monoisotopic (exact) mass is 552 g/mol. The Balaban J connectivity index is 0.000000128. The lowest BCUT2D eigenvalue weighted by atomic mass is 10.1. The highest BCUT2D eigenvalue weighted by Crippen LogP contribution is 2.44. The number of carbonyl (C=O) groups is 2. The van der Waals surface area contributed by atoms with Gasteiger partial charge in [0.1, 0.15) is 22.1 Å². The van der Waals surface area contributed by atoms with Crippen molar-refractivity contribution >= 4 is 57.1 Å². The van der Waals surface area contributed by atoms with Gasteiger partial charge in [0.05, 0.1) is 22.8 Å². The van der Waals surface area contributed by atoms with Crippen LogP contribution >= 0.6 is 23.2 Å². The van der Waals surface area contributed by atoms with Crippen LogP contribution in [0.4, 0.5) is 0 Å². The normalized spacial score (nSPS) is 28.9. The molecule has 12 heteroatoms. The number of aromatic nitrogens is 4. The molecule has 2 aliphatic carbocycles. The van der Waals surface area contributed by atoms with Gasteiger partial charge < -0.3 is 9.80 Å². The standard InChI is InChI=1S/C13H11Cl2N3O2.C13H11N3O2/c14-11-7-4-10(12(11)15)18(5-7)13(19)6-1-2-8-9(3-6)17-20-16-8;17-13(16-7-8-1-3-10(16)5-8)9-2-4-11-12(6-9)15-18-14-11/h1-3,7,10-12H,4-5H2;1-4,6,8,10H,5,7H2. The number of hydrogen-bond acceptors (Lipinski definition) is 8. The maximum Gasteiger partial charge on any atom is 0.254 e. The Labute approximate surface area is 226 Å². The SMILES string of the molecule is O=C(c1ccc2nonc2c1)N1CC2C=CC1C2.O=C(c1ccc2nonc2c1)N1CC2CC1C(Cl)C2Cl. The summed E-state index contributed by atoms with van der Waals surface area (Å²) in [5.41, 5.74) is 3.75. The molecule has 6 unspecified atom stereocenters. The smallest absolute Gasteiger partial charge is 0.254 e. The minimum Gasteiger partial charge on any atom is -0.334 e. The van der Waals surface area contributed by atoms with Gasteiger partial charge in [0.15, 0.2) is 0 Å². The second kappa shape index (κ2) is 9.06. The predicted octanol–water partition coefficient (Wildman–Crippen LogP) is 3.91. The third-order valence-corrected chi connectivity index (χ3v) is 9.32. The molecule has 2 amide bonds. The van der Waals surface area contributed by atoms with Gasteiger partial charge in [-0.2, -0.15) is 0 Å². The quantitative estimate of drug-likeness (QED) is 0.271. The van der Waals surface area contributed by atoms with E-state index in [0.29, 0.717) is 51.6 Å². The first-order valence-corrected chi connectivity index (χ1v) is 13.4. The molecule has 6 atom stereocenters. The van der Waals surface area contributed by atoms with E-state index in [1.54, 1.807) is 36.4 Å². The number of piperidine rings is 1. The second-order valence-electron chi connectivity index (χ2n) is 10.3. The molecule has 3 fully saturated rings. The summed E-state index contributed by atoms with van der Waals surface area (Å²) < 4.78 is 9.28. The van der Waals surface area contributed by atoms with Gasteiger partial charge in [-0.1, -0.05) is 12.2 Å². The summed E-state index contributed by atoms with van der Waals surface area (Å²) in [4.78, 5) is 28.8. The number of fused-ring (bicyclic) bond motifs is 6. The van der Waals surface area contributed by atoms with Crippen LogP contribution in [0.3, 0.4) is 0 Å². The topological polar surface area (TPSA) is 118 Å². The zero-order valence-electron chi connectivity index (χ0n) is 20.0. The fourth-order valence-electron chi connectivity index (χ4n) is 6.04. The number of hydrogen-bond donors (Lipinski definition) is 0. The molecule has 2 saturated heterocycles. The van der Waals surface area contributed by atoms with E-state index < -0.39 is 0 Å². The molecule has 2 aromatic heterocycles.